The lowest BCUT2D eigenvalue weighted by Crippen LogP contribution is -2.05. The van der Waals surface area contributed by atoms with Gasteiger partial charge in [-0.15, -0.1) is 0 Å². The van der Waals surface area contributed by atoms with Gasteiger partial charge < -0.3 is 9.67 Å². The first kappa shape index (κ1) is 12.8. The Hall–Kier alpha value is -1.62. The predicted octanol–water partition coefficient (Wildman–Crippen LogP) is 2.89. The van der Waals surface area contributed by atoms with Crippen molar-refractivity contribution in [2.24, 2.45) is 0 Å². The van der Waals surface area contributed by atoms with Gasteiger partial charge in [-0.2, -0.15) is 0 Å². The minimum absolute atomic E-state index is 0.0323. The summed E-state index contributed by atoms with van der Waals surface area (Å²) in [6.07, 6.45) is 3.74. The van der Waals surface area contributed by atoms with Gasteiger partial charge >= 0.3 is 5.97 Å². The third-order valence-corrected chi connectivity index (χ3v) is 3.21. The van der Waals surface area contributed by atoms with E-state index in [1.165, 1.54) is 0 Å². The normalized spacial score (nSPS) is 11.1. The summed E-state index contributed by atoms with van der Waals surface area (Å²) in [6, 6.07) is 0. The molecule has 0 unspecified atom stereocenters. The molecule has 6 heteroatoms. The van der Waals surface area contributed by atoms with Crippen LogP contribution in [-0.4, -0.2) is 25.6 Å². The molecular weight excluding hydrogens is 254 g/mol. The number of rotatable bonds is 4. The Morgan fingerprint density at radius 2 is 2.28 bits per heavy atom. The van der Waals surface area contributed by atoms with Gasteiger partial charge in [0, 0.05) is 6.54 Å². The van der Waals surface area contributed by atoms with Crippen LogP contribution in [0.1, 0.15) is 35.8 Å². The van der Waals surface area contributed by atoms with E-state index in [9.17, 15) is 4.79 Å². The van der Waals surface area contributed by atoms with Gasteiger partial charge in [0.25, 0.3) is 0 Å². The summed E-state index contributed by atoms with van der Waals surface area (Å²) >= 11 is 6.09. The van der Waals surface area contributed by atoms with Crippen molar-refractivity contribution in [3.8, 4) is 0 Å². The molecule has 0 aliphatic heterocycles. The molecule has 0 spiro atoms. The Bertz CT molecular complexity index is 607. The van der Waals surface area contributed by atoms with Crippen molar-refractivity contribution >= 4 is 28.7 Å². The summed E-state index contributed by atoms with van der Waals surface area (Å²) in [6.45, 7) is 4.56. The van der Waals surface area contributed by atoms with E-state index in [1.807, 2.05) is 4.57 Å². The van der Waals surface area contributed by atoms with Crippen LogP contribution in [-0.2, 0) is 6.54 Å². The fourth-order valence-electron chi connectivity index (χ4n) is 1.88. The monoisotopic (exact) mass is 267 g/mol. The van der Waals surface area contributed by atoms with Crippen LogP contribution in [0.25, 0.3) is 11.2 Å². The average Bonchev–Trinajstić information content (AvgIpc) is 2.69. The van der Waals surface area contributed by atoms with Crippen LogP contribution in [0.2, 0.25) is 5.02 Å². The number of pyridine rings is 1. The van der Waals surface area contributed by atoms with Gasteiger partial charge in [-0.25, -0.2) is 14.8 Å². The first-order valence-electron chi connectivity index (χ1n) is 5.80. The molecule has 0 aromatic carbocycles. The van der Waals surface area contributed by atoms with Gasteiger partial charge in [-0.3, -0.25) is 0 Å². The predicted molar refractivity (Wildman–Crippen MR) is 69.1 cm³/mol. The van der Waals surface area contributed by atoms with Crippen LogP contribution in [0.15, 0.2) is 6.33 Å². The zero-order valence-corrected chi connectivity index (χ0v) is 11.0. The SMILES string of the molecule is CCCCn1cnc2c(Cl)c(C(=O)O)c(C)nc21. The van der Waals surface area contributed by atoms with E-state index in [0.29, 0.717) is 16.9 Å². The second-order valence-corrected chi connectivity index (χ2v) is 4.53. The molecule has 0 fully saturated rings. The minimum Gasteiger partial charge on any atom is -0.478 e. The minimum atomic E-state index is -1.07. The highest BCUT2D eigenvalue weighted by Crippen LogP contribution is 2.27. The van der Waals surface area contributed by atoms with E-state index in [1.54, 1.807) is 13.3 Å². The number of unbranched alkanes of at least 4 members (excludes halogenated alkanes) is 1. The standard InChI is InChI=1S/C12H14ClN3O2/c1-3-4-5-16-6-14-10-9(13)8(12(17)18)7(2)15-11(10)16/h6H,3-5H2,1-2H3,(H,17,18). The molecule has 5 nitrogen and oxygen atoms in total. The number of hydrogen-bond acceptors (Lipinski definition) is 3. The Balaban J connectivity index is 2.61. The summed E-state index contributed by atoms with van der Waals surface area (Å²) in [5, 5.41) is 9.26. The van der Waals surface area contributed by atoms with Crippen molar-refractivity contribution in [3.05, 3.63) is 22.6 Å². The molecule has 2 aromatic rings. The third-order valence-electron chi connectivity index (χ3n) is 2.84. The second kappa shape index (κ2) is 4.94. The van der Waals surface area contributed by atoms with Gasteiger partial charge in [0.1, 0.15) is 11.1 Å². The summed E-state index contributed by atoms with van der Waals surface area (Å²) in [5.74, 6) is -1.07. The molecule has 2 heterocycles. The number of carboxylic acid groups (broad SMARTS) is 1. The molecule has 0 amide bonds. The zero-order chi connectivity index (χ0) is 13.3. The summed E-state index contributed by atoms with van der Waals surface area (Å²) in [7, 11) is 0. The van der Waals surface area contributed by atoms with E-state index >= 15 is 0 Å². The van der Waals surface area contributed by atoms with Gasteiger partial charge in [0.2, 0.25) is 0 Å². The van der Waals surface area contributed by atoms with Gasteiger partial charge in [0.05, 0.1) is 17.0 Å². The van der Waals surface area contributed by atoms with Gasteiger partial charge in [-0.05, 0) is 13.3 Å². The molecule has 0 atom stereocenters. The van der Waals surface area contributed by atoms with Crippen molar-refractivity contribution in [2.45, 2.75) is 33.2 Å². The molecule has 1 N–H and O–H groups in total. The number of carboxylic acids is 1. The van der Waals surface area contributed by atoms with Crippen molar-refractivity contribution in [1.82, 2.24) is 14.5 Å². The van der Waals surface area contributed by atoms with Crippen LogP contribution in [0.3, 0.4) is 0 Å². The largest absolute Gasteiger partial charge is 0.478 e. The van der Waals surface area contributed by atoms with Crippen LogP contribution >= 0.6 is 11.6 Å². The lowest BCUT2D eigenvalue weighted by atomic mass is 10.2. The van der Waals surface area contributed by atoms with Crippen LogP contribution < -0.4 is 0 Å². The fraction of sp³-hybridized carbons (Fsp3) is 0.417. The van der Waals surface area contributed by atoms with E-state index in [-0.39, 0.29) is 10.6 Å². The molecule has 0 saturated carbocycles. The molecule has 2 aromatic heterocycles. The van der Waals surface area contributed by atoms with E-state index < -0.39 is 5.97 Å². The highest BCUT2D eigenvalue weighted by molar-refractivity contribution is 6.37. The number of imidazole rings is 1. The fourth-order valence-corrected chi connectivity index (χ4v) is 2.23. The highest BCUT2D eigenvalue weighted by Gasteiger charge is 2.19. The average molecular weight is 268 g/mol. The number of hydrogen-bond donors (Lipinski definition) is 1. The molecule has 0 saturated heterocycles. The van der Waals surface area contributed by atoms with Crippen molar-refractivity contribution in [1.29, 1.82) is 0 Å². The lowest BCUT2D eigenvalue weighted by molar-refractivity contribution is 0.0696. The van der Waals surface area contributed by atoms with Crippen molar-refractivity contribution in [3.63, 3.8) is 0 Å². The van der Waals surface area contributed by atoms with Crippen LogP contribution in [0.5, 0.6) is 0 Å². The molecule has 96 valence electrons. The highest BCUT2D eigenvalue weighted by atomic mass is 35.5. The summed E-state index contributed by atoms with van der Waals surface area (Å²) in [5.41, 5.74) is 1.55. The summed E-state index contributed by atoms with van der Waals surface area (Å²) in [4.78, 5) is 19.6. The van der Waals surface area contributed by atoms with Crippen molar-refractivity contribution in [2.75, 3.05) is 0 Å². The molecule has 0 aliphatic rings. The topological polar surface area (TPSA) is 68.0 Å². The molecule has 18 heavy (non-hydrogen) atoms. The van der Waals surface area contributed by atoms with Crippen molar-refractivity contribution < 1.29 is 9.90 Å². The third kappa shape index (κ3) is 2.06. The van der Waals surface area contributed by atoms with Gasteiger partial charge in [0.15, 0.2) is 5.65 Å². The number of nitrogens with zero attached hydrogens (tertiary/aromatic N) is 3. The Morgan fingerprint density at radius 1 is 1.56 bits per heavy atom. The lowest BCUT2D eigenvalue weighted by Gasteiger charge is -2.06. The smallest absolute Gasteiger partial charge is 0.339 e. The van der Waals surface area contributed by atoms with E-state index in [0.717, 1.165) is 19.4 Å². The maximum absolute atomic E-state index is 11.1. The number of carbonyl (C=O) groups is 1. The van der Waals surface area contributed by atoms with E-state index in [4.69, 9.17) is 16.7 Å². The number of aromatic nitrogens is 3. The molecule has 2 rings (SSSR count). The Labute approximate surface area is 109 Å². The number of aryl methyl sites for hydroxylation is 2. The first-order chi connectivity index (χ1) is 8.56. The number of halogens is 1. The maximum atomic E-state index is 11.1. The molecular formula is C12H14ClN3O2. The van der Waals surface area contributed by atoms with E-state index in [2.05, 4.69) is 16.9 Å². The number of fused-ring (bicyclic) bond motifs is 1. The first-order valence-corrected chi connectivity index (χ1v) is 6.18. The van der Waals surface area contributed by atoms with Crippen LogP contribution in [0, 0.1) is 6.92 Å². The van der Waals surface area contributed by atoms with Gasteiger partial charge in [-0.1, -0.05) is 24.9 Å². The Morgan fingerprint density at radius 3 is 2.89 bits per heavy atom. The maximum Gasteiger partial charge on any atom is 0.339 e. The summed E-state index contributed by atoms with van der Waals surface area (Å²) < 4.78 is 1.91. The quantitative estimate of drug-likeness (QED) is 0.925. The molecule has 0 radical (unpaired) electrons. The molecule has 0 aliphatic carbocycles. The number of aromatic carboxylic acids is 1. The van der Waals surface area contributed by atoms with Crippen LogP contribution in [0.4, 0.5) is 0 Å². The Kier molecular flexibility index (Phi) is 3.52. The molecule has 0 bridgehead atoms. The second-order valence-electron chi connectivity index (χ2n) is 4.16. The zero-order valence-electron chi connectivity index (χ0n) is 10.3.